The van der Waals surface area contributed by atoms with Crippen LogP contribution in [0.1, 0.15) is 28.1 Å². The Balaban J connectivity index is 2.31. The molecule has 2 aromatic heterocycles. The Morgan fingerprint density at radius 3 is 2.89 bits per heavy atom. The Labute approximate surface area is 118 Å². The van der Waals surface area contributed by atoms with Gasteiger partial charge in [0, 0.05) is 12.0 Å². The molecule has 0 unspecified atom stereocenters. The highest BCUT2D eigenvalue weighted by Crippen LogP contribution is 2.35. The van der Waals surface area contributed by atoms with Crippen LogP contribution in [-0.2, 0) is 0 Å². The number of hydrogen-bond donors (Lipinski definition) is 2. The molecule has 0 spiro atoms. The summed E-state index contributed by atoms with van der Waals surface area (Å²) in [5.74, 6) is -0.0681. The van der Waals surface area contributed by atoms with Crippen LogP contribution >= 0.6 is 23.1 Å². The number of aromatic carboxylic acids is 1. The standard InChI is InChI=1S/C12H14N2O3S2/c1-7-8-10(18-5-3-2-4-15)13-6-14-11(8)19-9(7)12(16)17/h6,15H,2-5H2,1H3,(H,16,17). The summed E-state index contributed by atoms with van der Waals surface area (Å²) >= 11 is 2.77. The molecular weight excluding hydrogens is 284 g/mol. The third-order valence-corrected chi connectivity index (χ3v) is 4.94. The maximum atomic E-state index is 11.1. The fraction of sp³-hybridized carbons (Fsp3) is 0.417. The van der Waals surface area contributed by atoms with Gasteiger partial charge in [0.2, 0.25) is 0 Å². The van der Waals surface area contributed by atoms with Crippen LogP contribution in [0.15, 0.2) is 11.4 Å². The number of fused-ring (bicyclic) bond motifs is 1. The molecule has 0 aliphatic carbocycles. The van der Waals surface area contributed by atoms with Crippen LogP contribution < -0.4 is 0 Å². The van der Waals surface area contributed by atoms with Crippen molar-refractivity contribution < 1.29 is 15.0 Å². The predicted molar refractivity (Wildman–Crippen MR) is 76.2 cm³/mol. The number of thioether (sulfide) groups is 1. The van der Waals surface area contributed by atoms with Gasteiger partial charge < -0.3 is 10.2 Å². The van der Waals surface area contributed by atoms with E-state index in [0.29, 0.717) is 4.88 Å². The first-order valence-electron chi connectivity index (χ1n) is 5.86. The third-order valence-electron chi connectivity index (χ3n) is 2.68. The molecule has 2 N–H and O–H groups in total. The fourth-order valence-electron chi connectivity index (χ4n) is 1.74. The molecule has 0 bridgehead atoms. The van der Waals surface area contributed by atoms with Crippen molar-refractivity contribution in [2.75, 3.05) is 12.4 Å². The molecule has 0 radical (unpaired) electrons. The van der Waals surface area contributed by atoms with Crippen LogP contribution in [0.5, 0.6) is 0 Å². The number of carboxylic acid groups (broad SMARTS) is 1. The molecule has 5 nitrogen and oxygen atoms in total. The van der Waals surface area contributed by atoms with Gasteiger partial charge in [-0.05, 0) is 31.1 Å². The van der Waals surface area contributed by atoms with E-state index in [1.165, 1.54) is 17.7 Å². The second kappa shape index (κ2) is 6.31. The number of aryl methyl sites for hydroxylation is 1. The number of carboxylic acids is 1. The number of hydrogen-bond acceptors (Lipinski definition) is 6. The maximum absolute atomic E-state index is 11.1. The van der Waals surface area contributed by atoms with Crippen molar-refractivity contribution in [3.05, 3.63) is 16.8 Å². The number of carbonyl (C=O) groups is 1. The van der Waals surface area contributed by atoms with Gasteiger partial charge in [-0.3, -0.25) is 0 Å². The van der Waals surface area contributed by atoms with E-state index in [0.717, 1.165) is 39.4 Å². The average molecular weight is 298 g/mol. The minimum Gasteiger partial charge on any atom is -0.477 e. The SMILES string of the molecule is Cc1c(C(=O)O)sc2ncnc(SCCCCO)c12. The van der Waals surface area contributed by atoms with Crippen molar-refractivity contribution >= 4 is 39.3 Å². The van der Waals surface area contributed by atoms with E-state index in [1.807, 2.05) is 0 Å². The summed E-state index contributed by atoms with van der Waals surface area (Å²) in [6.07, 6.45) is 3.14. The van der Waals surface area contributed by atoms with Crippen LogP contribution in [0.2, 0.25) is 0 Å². The average Bonchev–Trinajstić information content (AvgIpc) is 2.73. The van der Waals surface area contributed by atoms with E-state index in [-0.39, 0.29) is 6.61 Å². The van der Waals surface area contributed by atoms with E-state index >= 15 is 0 Å². The highest BCUT2D eigenvalue weighted by molar-refractivity contribution is 7.99. The molecule has 2 rings (SSSR count). The predicted octanol–water partition coefficient (Wildman–Crippen LogP) is 2.56. The normalized spacial score (nSPS) is 11.1. The van der Waals surface area contributed by atoms with Gasteiger partial charge in [0.05, 0.1) is 0 Å². The van der Waals surface area contributed by atoms with Crippen LogP contribution in [0, 0.1) is 6.92 Å². The first kappa shape index (κ1) is 14.2. The van der Waals surface area contributed by atoms with E-state index in [4.69, 9.17) is 10.2 Å². The third kappa shape index (κ3) is 3.05. The van der Waals surface area contributed by atoms with Gasteiger partial charge in [-0.2, -0.15) is 0 Å². The summed E-state index contributed by atoms with van der Waals surface area (Å²) in [4.78, 5) is 20.6. The molecule has 7 heteroatoms. The zero-order valence-electron chi connectivity index (χ0n) is 10.4. The van der Waals surface area contributed by atoms with E-state index in [9.17, 15) is 4.79 Å². The second-order valence-corrected chi connectivity index (χ2v) is 6.08. The Morgan fingerprint density at radius 1 is 1.42 bits per heavy atom. The van der Waals surface area contributed by atoms with E-state index in [2.05, 4.69) is 9.97 Å². The minimum absolute atomic E-state index is 0.195. The van der Waals surface area contributed by atoms with Crippen molar-refractivity contribution in [3.63, 3.8) is 0 Å². The van der Waals surface area contributed by atoms with Gasteiger partial charge in [-0.15, -0.1) is 23.1 Å². The van der Waals surface area contributed by atoms with Crippen LogP contribution in [0.4, 0.5) is 0 Å². The van der Waals surface area contributed by atoms with Crippen molar-refractivity contribution in [3.8, 4) is 0 Å². The van der Waals surface area contributed by atoms with Gasteiger partial charge in [-0.25, -0.2) is 14.8 Å². The lowest BCUT2D eigenvalue weighted by atomic mass is 10.2. The molecule has 0 aliphatic heterocycles. The fourth-order valence-corrected chi connectivity index (χ4v) is 3.85. The topological polar surface area (TPSA) is 83.3 Å². The number of aliphatic hydroxyl groups excluding tert-OH is 1. The number of thiophene rings is 1. The molecule has 102 valence electrons. The molecule has 0 aromatic carbocycles. The number of nitrogens with zero attached hydrogens (tertiary/aromatic N) is 2. The van der Waals surface area contributed by atoms with Crippen LogP contribution in [0.25, 0.3) is 10.2 Å². The van der Waals surface area contributed by atoms with E-state index in [1.54, 1.807) is 18.7 Å². The molecule has 0 atom stereocenters. The summed E-state index contributed by atoms with van der Waals surface area (Å²) in [6.45, 7) is 1.99. The highest BCUT2D eigenvalue weighted by atomic mass is 32.2. The van der Waals surface area contributed by atoms with Crippen molar-refractivity contribution in [2.24, 2.45) is 0 Å². The van der Waals surface area contributed by atoms with Crippen molar-refractivity contribution in [1.29, 1.82) is 0 Å². The van der Waals surface area contributed by atoms with Gasteiger partial charge in [-0.1, -0.05) is 0 Å². The van der Waals surface area contributed by atoms with Gasteiger partial charge >= 0.3 is 5.97 Å². The van der Waals surface area contributed by atoms with Crippen LogP contribution in [0.3, 0.4) is 0 Å². The first-order valence-corrected chi connectivity index (χ1v) is 7.66. The molecule has 0 saturated heterocycles. The summed E-state index contributed by atoms with van der Waals surface area (Å²) < 4.78 is 0. The van der Waals surface area contributed by atoms with Gasteiger partial charge in [0.15, 0.2) is 0 Å². The molecule has 0 fully saturated rings. The summed E-state index contributed by atoms with van der Waals surface area (Å²) in [7, 11) is 0. The monoisotopic (exact) mass is 298 g/mol. The molecule has 0 aliphatic rings. The zero-order chi connectivity index (χ0) is 13.8. The number of unbranched alkanes of at least 4 members (excludes halogenated alkanes) is 1. The lowest BCUT2D eigenvalue weighted by Crippen LogP contribution is -1.94. The van der Waals surface area contributed by atoms with E-state index < -0.39 is 5.97 Å². The van der Waals surface area contributed by atoms with Gasteiger partial charge in [0.1, 0.15) is 21.1 Å². The minimum atomic E-state index is -0.920. The number of aromatic nitrogens is 2. The quantitative estimate of drug-likeness (QED) is 0.484. The first-order chi connectivity index (χ1) is 9.15. The molecule has 0 saturated carbocycles. The van der Waals surface area contributed by atoms with Crippen molar-refractivity contribution in [2.45, 2.75) is 24.8 Å². The number of rotatable bonds is 6. The van der Waals surface area contributed by atoms with Gasteiger partial charge in [0.25, 0.3) is 0 Å². The molecular formula is C12H14N2O3S2. The maximum Gasteiger partial charge on any atom is 0.346 e. The Hall–Kier alpha value is -1.18. The largest absolute Gasteiger partial charge is 0.477 e. The lowest BCUT2D eigenvalue weighted by Gasteiger charge is -2.02. The highest BCUT2D eigenvalue weighted by Gasteiger charge is 2.18. The van der Waals surface area contributed by atoms with Crippen LogP contribution in [-0.4, -0.2) is 38.5 Å². The molecule has 2 heterocycles. The summed E-state index contributed by atoms with van der Waals surface area (Å²) in [6, 6.07) is 0. The Morgan fingerprint density at radius 2 is 2.21 bits per heavy atom. The molecule has 2 aromatic rings. The molecule has 19 heavy (non-hydrogen) atoms. The Bertz CT molecular complexity index is 598. The Kier molecular flexibility index (Phi) is 4.73. The summed E-state index contributed by atoms with van der Waals surface area (Å²) in [5.41, 5.74) is 0.734. The lowest BCUT2D eigenvalue weighted by molar-refractivity contribution is 0.0701. The molecule has 0 amide bonds. The smallest absolute Gasteiger partial charge is 0.346 e. The second-order valence-electron chi connectivity index (χ2n) is 4.00. The summed E-state index contributed by atoms with van der Waals surface area (Å²) in [5, 5.41) is 19.5. The van der Waals surface area contributed by atoms with Crippen molar-refractivity contribution in [1.82, 2.24) is 9.97 Å². The zero-order valence-corrected chi connectivity index (χ0v) is 12.1. The number of aliphatic hydroxyl groups is 1.